The molecule has 1 N–H and O–H groups in total. The molecule has 0 aromatic heterocycles. The number of anilines is 1. The predicted octanol–water partition coefficient (Wildman–Crippen LogP) is 3.78. The fourth-order valence-electron chi connectivity index (χ4n) is 4.37. The average molecular weight is 398 g/mol. The van der Waals surface area contributed by atoms with Crippen molar-refractivity contribution in [2.24, 2.45) is 5.41 Å². The van der Waals surface area contributed by atoms with Gasteiger partial charge in [0.05, 0.1) is 12.0 Å². The van der Waals surface area contributed by atoms with E-state index >= 15 is 0 Å². The first-order chi connectivity index (χ1) is 13.2. The molecule has 5 nitrogen and oxygen atoms in total. The van der Waals surface area contributed by atoms with Gasteiger partial charge in [0.25, 0.3) is 0 Å². The highest BCUT2D eigenvalue weighted by Crippen LogP contribution is 2.44. The number of carboxylic acid groups (broad SMARTS) is 1. The third-order valence-corrected chi connectivity index (χ3v) is 5.91. The highest BCUT2D eigenvalue weighted by atomic mass is 19.4. The molecule has 1 aliphatic carbocycles. The molecule has 1 saturated heterocycles. The molecule has 3 rings (SSSR count). The first kappa shape index (κ1) is 20.5. The summed E-state index contributed by atoms with van der Waals surface area (Å²) in [6, 6.07) is 5.06. The molecule has 2 aliphatic rings. The van der Waals surface area contributed by atoms with Crippen LogP contribution in [0.5, 0.6) is 0 Å². The van der Waals surface area contributed by atoms with Crippen LogP contribution in [0.2, 0.25) is 0 Å². The minimum Gasteiger partial charge on any atom is -0.481 e. The number of hydrogen-bond acceptors (Lipinski definition) is 3. The van der Waals surface area contributed by atoms with Gasteiger partial charge in [0, 0.05) is 38.3 Å². The second kappa shape index (κ2) is 8.01. The summed E-state index contributed by atoms with van der Waals surface area (Å²) in [6.45, 7) is 2.07. The standard InChI is InChI=1S/C20H25F3N2O3/c21-20(22,23)15-3-5-16(6-4-15)24-9-11-25(12-10-24)17(26)13-19(14-18(27)28)7-1-2-8-19/h3-6H,1-2,7-14H2,(H,27,28). The lowest BCUT2D eigenvalue weighted by Crippen LogP contribution is -2.49. The zero-order chi connectivity index (χ0) is 20.4. The number of hydrogen-bond donors (Lipinski definition) is 1. The van der Waals surface area contributed by atoms with Crippen molar-refractivity contribution in [2.45, 2.75) is 44.7 Å². The summed E-state index contributed by atoms with van der Waals surface area (Å²) < 4.78 is 38.1. The minimum atomic E-state index is -4.35. The number of halogens is 3. The molecule has 28 heavy (non-hydrogen) atoms. The molecular formula is C20H25F3N2O3. The summed E-state index contributed by atoms with van der Waals surface area (Å²) in [5, 5.41) is 9.19. The van der Waals surface area contributed by atoms with Crippen LogP contribution < -0.4 is 4.90 Å². The first-order valence-corrected chi connectivity index (χ1v) is 9.60. The van der Waals surface area contributed by atoms with Crippen molar-refractivity contribution in [1.82, 2.24) is 4.90 Å². The van der Waals surface area contributed by atoms with Gasteiger partial charge in [0.2, 0.25) is 5.91 Å². The van der Waals surface area contributed by atoms with Crippen molar-refractivity contribution in [1.29, 1.82) is 0 Å². The van der Waals surface area contributed by atoms with Crippen molar-refractivity contribution in [3.8, 4) is 0 Å². The summed E-state index contributed by atoms with van der Waals surface area (Å²) in [5.74, 6) is -0.878. The van der Waals surface area contributed by atoms with E-state index in [4.69, 9.17) is 0 Å². The van der Waals surface area contributed by atoms with Crippen molar-refractivity contribution in [3.63, 3.8) is 0 Å². The van der Waals surface area contributed by atoms with Gasteiger partial charge < -0.3 is 14.9 Å². The molecule has 0 atom stereocenters. The van der Waals surface area contributed by atoms with Crippen LogP contribution in [0.1, 0.15) is 44.1 Å². The number of carbonyl (C=O) groups is 2. The Bertz CT molecular complexity index is 704. The summed E-state index contributed by atoms with van der Waals surface area (Å²) in [7, 11) is 0. The molecule has 0 radical (unpaired) electrons. The number of carbonyl (C=O) groups excluding carboxylic acids is 1. The molecule has 8 heteroatoms. The van der Waals surface area contributed by atoms with Crippen LogP contribution in [-0.2, 0) is 15.8 Å². The van der Waals surface area contributed by atoms with Crippen molar-refractivity contribution >= 4 is 17.6 Å². The maximum Gasteiger partial charge on any atom is 0.416 e. The number of carboxylic acids is 1. The van der Waals surface area contributed by atoms with Gasteiger partial charge in [-0.15, -0.1) is 0 Å². The van der Waals surface area contributed by atoms with E-state index < -0.39 is 23.1 Å². The summed E-state index contributed by atoms with van der Waals surface area (Å²) in [6.07, 6.45) is -0.586. The third-order valence-electron chi connectivity index (χ3n) is 5.91. The topological polar surface area (TPSA) is 60.9 Å². The predicted molar refractivity (Wildman–Crippen MR) is 98.0 cm³/mol. The number of amides is 1. The van der Waals surface area contributed by atoms with E-state index in [9.17, 15) is 27.9 Å². The van der Waals surface area contributed by atoms with Crippen LogP contribution in [0, 0.1) is 5.41 Å². The third kappa shape index (κ3) is 4.77. The van der Waals surface area contributed by atoms with Gasteiger partial charge in [0.1, 0.15) is 0 Å². The Morgan fingerprint density at radius 1 is 0.964 bits per heavy atom. The van der Waals surface area contributed by atoms with Crippen LogP contribution in [0.3, 0.4) is 0 Å². The monoisotopic (exact) mass is 398 g/mol. The van der Waals surface area contributed by atoms with E-state index in [1.807, 2.05) is 4.90 Å². The maximum atomic E-state index is 12.7. The molecule has 154 valence electrons. The minimum absolute atomic E-state index is 0.0183. The first-order valence-electron chi connectivity index (χ1n) is 9.60. The Balaban J connectivity index is 1.56. The smallest absolute Gasteiger partial charge is 0.416 e. The van der Waals surface area contributed by atoms with E-state index in [1.54, 1.807) is 4.90 Å². The van der Waals surface area contributed by atoms with Gasteiger partial charge in [-0.1, -0.05) is 12.8 Å². The highest BCUT2D eigenvalue weighted by molar-refractivity contribution is 5.78. The fraction of sp³-hybridized carbons (Fsp3) is 0.600. The molecule has 1 heterocycles. The highest BCUT2D eigenvalue weighted by Gasteiger charge is 2.39. The van der Waals surface area contributed by atoms with E-state index in [-0.39, 0.29) is 18.7 Å². The number of rotatable bonds is 5. The molecular weight excluding hydrogens is 373 g/mol. The second-order valence-electron chi connectivity index (χ2n) is 7.87. The lowest BCUT2D eigenvalue weighted by molar-refractivity contribution is -0.142. The fourth-order valence-corrected chi connectivity index (χ4v) is 4.37. The zero-order valence-corrected chi connectivity index (χ0v) is 15.7. The van der Waals surface area contributed by atoms with Gasteiger partial charge in [-0.25, -0.2) is 0 Å². The lowest BCUT2D eigenvalue weighted by atomic mass is 9.79. The van der Waals surface area contributed by atoms with Crippen LogP contribution in [0.25, 0.3) is 0 Å². The number of benzene rings is 1. The molecule has 1 amide bonds. The molecule has 0 unspecified atom stereocenters. The van der Waals surface area contributed by atoms with Crippen molar-refractivity contribution in [2.75, 3.05) is 31.1 Å². The SMILES string of the molecule is O=C(O)CC1(CC(=O)N2CCN(c3ccc(C(F)(F)F)cc3)CC2)CCCC1. The number of nitrogens with zero attached hydrogens (tertiary/aromatic N) is 2. The molecule has 1 aromatic carbocycles. The quantitative estimate of drug-likeness (QED) is 0.820. The Morgan fingerprint density at radius 3 is 2.04 bits per heavy atom. The number of piperazine rings is 1. The van der Waals surface area contributed by atoms with Gasteiger partial charge in [-0.05, 0) is 42.5 Å². The van der Waals surface area contributed by atoms with Gasteiger partial charge in [-0.3, -0.25) is 9.59 Å². The van der Waals surface area contributed by atoms with Crippen LogP contribution in [-0.4, -0.2) is 48.1 Å². The maximum absolute atomic E-state index is 12.7. The zero-order valence-electron chi connectivity index (χ0n) is 15.7. The Kier molecular flexibility index (Phi) is 5.86. The molecule has 2 fully saturated rings. The Hall–Kier alpha value is -2.25. The summed E-state index contributed by atoms with van der Waals surface area (Å²) in [4.78, 5) is 27.6. The van der Waals surface area contributed by atoms with E-state index in [2.05, 4.69) is 0 Å². The van der Waals surface area contributed by atoms with E-state index in [0.29, 0.717) is 31.9 Å². The normalized spacial score (nSPS) is 19.7. The molecule has 0 spiro atoms. The summed E-state index contributed by atoms with van der Waals surface area (Å²) in [5.41, 5.74) is -0.392. The lowest BCUT2D eigenvalue weighted by Gasteiger charge is -2.38. The molecule has 1 aromatic rings. The van der Waals surface area contributed by atoms with E-state index in [1.165, 1.54) is 12.1 Å². The van der Waals surface area contributed by atoms with Gasteiger partial charge in [0.15, 0.2) is 0 Å². The molecule has 1 aliphatic heterocycles. The average Bonchev–Trinajstić information content (AvgIpc) is 3.08. The number of alkyl halides is 3. The number of aliphatic carboxylic acids is 1. The largest absolute Gasteiger partial charge is 0.481 e. The van der Waals surface area contributed by atoms with Crippen molar-refractivity contribution < 1.29 is 27.9 Å². The van der Waals surface area contributed by atoms with Crippen LogP contribution in [0.4, 0.5) is 18.9 Å². The van der Waals surface area contributed by atoms with Crippen molar-refractivity contribution in [3.05, 3.63) is 29.8 Å². The molecule has 0 bridgehead atoms. The van der Waals surface area contributed by atoms with Crippen LogP contribution >= 0.6 is 0 Å². The molecule has 1 saturated carbocycles. The Morgan fingerprint density at radius 2 is 1.54 bits per heavy atom. The van der Waals surface area contributed by atoms with Gasteiger partial charge >= 0.3 is 12.1 Å². The van der Waals surface area contributed by atoms with Crippen LogP contribution in [0.15, 0.2) is 24.3 Å². The second-order valence-corrected chi connectivity index (χ2v) is 7.87. The van der Waals surface area contributed by atoms with Gasteiger partial charge in [-0.2, -0.15) is 13.2 Å². The Labute approximate surface area is 162 Å². The van der Waals surface area contributed by atoms with E-state index in [0.717, 1.165) is 37.8 Å². The summed E-state index contributed by atoms with van der Waals surface area (Å²) >= 11 is 0.